The van der Waals surface area contributed by atoms with Crippen molar-refractivity contribution in [1.82, 2.24) is 4.72 Å². The lowest BCUT2D eigenvalue weighted by atomic mass is 10.2. The Morgan fingerprint density at radius 3 is 2.61 bits per heavy atom. The van der Waals surface area contributed by atoms with Crippen LogP contribution >= 0.6 is 0 Å². The monoisotopic (exact) mass is 274 g/mol. The molecule has 1 atom stereocenters. The summed E-state index contributed by atoms with van der Waals surface area (Å²) in [6, 6.07) is 3.46. The smallest absolute Gasteiger partial charge is 0.207 e. The van der Waals surface area contributed by atoms with Gasteiger partial charge in [0.2, 0.25) is 10.0 Å². The summed E-state index contributed by atoms with van der Waals surface area (Å²) in [7, 11) is -4.08. The van der Waals surface area contributed by atoms with E-state index in [9.17, 15) is 17.2 Å². The molecule has 1 N–H and O–H groups in total. The number of halogens is 2. The van der Waals surface area contributed by atoms with Gasteiger partial charge in [-0.2, -0.15) is 5.26 Å². The van der Waals surface area contributed by atoms with E-state index in [0.29, 0.717) is 12.5 Å². The van der Waals surface area contributed by atoms with E-state index in [1.165, 1.54) is 0 Å². The van der Waals surface area contributed by atoms with Crippen molar-refractivity contribution < 1.29 is 17.2 Å². The number of nitriles is 1. The first-order chi connectivity index (χ1) is 8.40. The van der Waals surface area contributed by atoms with Crippen LogP contribution in [-0.4, -0.2) is 14.5 Å². The highest BCUT2D eigenvalue weighted by atomic mass is 32.2. The Morgan fingerprint density at radius 1 is 1.44 bits per heavy atom. The number of rotatable bonds is 5. The number of nitrogens with zero attached hydrogens (tertiary/aromatic N) is 1. The van der Waals surface area contributed by atoms with Gasteiger partial charge < -0.3 is 0 Å². The van der Waals surface area contributed by atoms with Gasteiger partial charge in [-0.15, -0.1) is 0 Å². The van der Waals surface area contributed by atoms with E-state index >= 15 is 0 Å². The predicted octanol–water partition coefficient (Wildman–Crippen LogP) is 1.94. The van der Waals surface area contributed by atoms with Crippen molar-refractivity contribution in [2.75, 3.05) is 0 Å². The van der Waals surface area contributed by atoms with E-state index in [1.54, 1.807) is 6.92 Å². The van der Waals surface area contributed by atoms with Gasteiger partial charge in [-0.05, 0) is 18.6 Å². The third kappa shape index (κ3) is 3.48. The van der Waals surface area contributed by atoms with Crippen molar-refractivity contribution in [2.24, 2.45) is 0 Å². The molecule has 0 aliphatic heterocycles. The molecule has 1 aromatic rings. The fourth-order valence-electron chi connectivity index (χ4n) is 1.36. The van der Waals surface area contributed by atoms with Crippen LogP contribution in [0.3, 0.4) is 0 Å². The van der Waals surface area contributed by atoms with Crippen LogP contribution in [0.15, 0.2) is 23.1 Å². The molecule has 1 aromatic carbocycles. The van der Waals surface area contributed by atoms with Crippen molar-refractivity contribution >= 4 is 10.0 Å². The lowest BCUT2D eigenvalue weighted by molar-refractivity contribution is 0.524. The number of hydrogen-bond acceptors (Lipinski definition) is 3. The quantitative estimate of drug-likeness (QED) is 0.892. The number of benzene rings is 1. The predicted molar refractivity (Wildman–Crippen MR) is 61.0 cm³/mol. The Morgan fingerprint density at radius 2 is 2.11 bits per heavy atom. The maximum Gasteiger partial charge on any atom is 0.243 e. The van der Waals surface area contributed by atoms with E-state index in [1.807, 2.05) is 6.07 Å². The van der Waals surface area contributed by atoms with E-state index in [4.69, 9.17) is 5.26 Å². The van der Waals surface area contributed by atoms with Crippen LogP contribution in [0.2, 0.25) is 0 Å². The summed E-state index contributed by atoms with van der Waals surface area (Å²) in [5.74, 6) is -2.01. The maximum atomic E-state index is 13.4. The highest BCUT2D eigenvalue weighted by Crippen LogP contribution is 2.16. The number of hydrogen-bond donors (Lipinski definition) is 1. The summed E-state index contributed by atoms with van der Waals surface area (Å²) in [5.41, 5.74) is 0. The Hall–Kier alpha value is -1.52. The second-order valence-electron chi connectivity index (χ2n) is 3.66. The van der Waals surface area contributed by atoms with Crippen LogP contribution in [0.5, 0.6) is 0 Å². The van der Waals surface area contributed by atoms with Gasteiger partial charge in [0, 0.05) is 12.1 Å². The van der Waals surface area contributed by atoms with E-state index in [2.05, 4.69) is 4.72 Å². The third-order valence-electron chi connectivity index (χ3n) is 2.34. The number of sulfonamides is 1. The summed E-state index contributed by atoms with van der Waals surface area (Å²) < 4.78 is 51.9. The molecule has 18 heavy (non-hydrogen) atoms. The average Bonchev–Trinajstić information content (AvgIpc) is 2.27. The SMILES string of the molecule is CCC(CC#N)NS(=O)(=O)c1ccc(F)cc1F. The Kier molecular flexibility index (Phi) is 4.76. The first-order valence-electron chi connectivity index (χ1n) is 5.25. The molecule has 0 fully saturated rings. The first-order valence-corrected chi connectivity index (χ1v) is 6.73. The topological polar surface area (TPSA) is 70.0 Å². The van der Waals surface area contributed by atoms with Crippen LogP contribution in [-0.2, 0) is 10.0 Å². The zero-order chi connectivity index (χ0) is 13.8. The molecule has 7 heteroatoms. The minimum atomic E-state index is -4.08. The van der Waals surface area contributed by atoms with Crippen molar-refractivity contribution in [2.45, 2.75) is 30.7 Å². The molecule has 0 aliphatic rings. The van der Waals surface area contributed by atoms with Gasteiger partial charge in [-0.25, -0.2) is 21.9 Å². The minimum absolute atomic E-state index is 0.0153. The molecule has 0 bridgehead atoms. The van der Waals surface area contributed by atoms with Crippen LogP contribution in [0.1, 0.15) is 19.8 Å². The molecule has 98 valence electrons. The second-order valence-corrected chi connectivity index (χ2v) is 5.35. The first kappa shape index (κ1) is 14.5. The third-order valence-corrected chi connectivity index (χ3v) is 3.89. The van der Waals surface area contributed by atoms with Crippen molar-refractivity contribution in [3.05, 3.63) is 29.8 Å². The van der Waals surface area contributed by atoms with Crippen LogP contribution in [0.25, 0.3) is 0 Å². The summed E-state index contributed by atoms with van der Waals surface area (Å²) in [4.78, 5) is -0.625. The highest BCUT2D eigenvalue weighted by molar-refractivity contribution is 7.89. The molecule has 0 spiro atoms. The van der Waals surface area contributed by atoms with Gasteiger partial charge in [-0.1, -0.05) is 6.92 Å². The largest absolute Gasteiger partial charge is 0.243 e. The Balaban J connectivity index is 3.03. The zero-order valence-corrected chi connectivity index (χ0v) is 10.5. The summed E-state index contributed by atoms with van der Waals surface area (Å²) in [5, 5.41) is 8.52. The Bertz CT molecular complexity index is 567. The molecule has 0 aliphatic carbocycles. The lowest BCUT2D eigenvalue weighted by Gasteiger charge is -2.14. The normalized spacial score (nSPS) is 13.0. The standard InChI is InChI=1S/C11H12F2N2O2S/c1-2-9(5-6-14)15-18(16,17)11-4-3-8(12)7-10(11)13/h3-4,7,9,15H,2,5H2,1H3. The van der Waals surface area contributed by atoms with Gasteiger partial charge in [0.05, 0.1) is 12.5 Å². The minimum Gasteiger partial charge on any atom is -0.207 e. The molecule has 1 unspecified atom stereocenters. The van der Waals surface area contributed by atoms with E-state index in [0.717, 1.165) is 12.1 Å². The zero-order valence-electron chi connectivity index (χ0n) is 9.65. The molecule has 0 heterocycles. The second kappa shape index (κ2) is 5.89. The van der Waals surface area contributed by atoms with Crippen LogP contribution in [0.4, 0.5) is 8.78 Å². The van der Waals surface area contributed by atoms with Crippen LogP contribution < -0.4 is 4.72 Å². The van der Waals surface area contributed by atoms with Gasteiger partial charge in [-0.3, -0.25) is 0 Å². The maximum absolute atomic E-state index is 13.4. The molecule has 0 saturated carbocycles. The van der Waals surface area contributed by atoms with Crippen molar-refractivity contribution in [1.29, 1.82) is 5.26 Å². The summed E-state index contributed by atoms with van der Waals surface area (Å²) in [6.07, 6.45) is 0.383. The summed E-state index contributed by atoms with van der Waals surface area (Å²) in [6.45, 7) is 1.70. The molecule has 0 amide bonds. The molecule has 0 radical (unpaired) electrons. The van der Waals surface area contributed by atoms with Crippen molar-refractivity contribution in [3.8, 4) is 6.07 Å². The fraction of sp³-hybridized carbons (Fsp3) is 0.364. The average molecular weight is 274 g/mol. The highest BCUT2D eigenvalue weighted by Gasteiger charge is 2.22. The van der Waals surface area contributed by atoms with E-state index < -0.39 is 32.6 Å². The van der Waals surface area contributed by atoms with Gasteiger partial charge in [0.25, 0.3) is 0 Å². The van der Waals surface area contributed by atoms with Gasteiger partial charge in [0.15, 0.2) is 0 Å². The lowest BCUT2D eigenvalue weighted by Crippen LogP contribution is -2.34. The fourth-order valence-corrected chi connectivity index (χ4v) is 2.73. The molecule has 0 saturated heterocycles. The van der Waals surface area contributed by atoms with Gasteiger partial charge in [0.1, 0.15) is 16.5 Å². The van der Waals surface area contributed by atoms with Gasteiger partial charge >= 0.3 is 0 Å². The molecular formula is C11H12F2N2O2S. The molecule has 4 nitrogen and oxygen atoms in total. The molecule has 1 rings (SSSR count). The Labute approximate surface area is 104 Å². The number of nitrogens with one attached hydrogen (secondary N) is 1. The molecular weight excluding hydrogens is 262 g/mol. The van der Waals surface area contributed by atoms with Crippen LogP contribution in [0, 0.1) is 23.0 Å². The summed E-state index contributed by atoms with van der Waals surface area (Å²) >= 11 is 0. The van der Waals surface area contributed by atoms with E-state index in [-0.39, 0.29) is 6.42 Å². The van der Waals surface area contributed by atoms with Crippen molar-refractivity contribution in [3.63, 3.8) is 0 Å². The molecule has 0 aromatic heterocycles.